The first-order valence-corrected chi connectivity index (χ1v) is 8.58. The highest BCUT2D eigenvalue weighted by atomic mass is 16.6. The Bertz CT molecular complexity index is 846. The van der Waals surface area contributed by atoms with Crippen molar-refractivity contribution in [3.05, 3.63) is 63.7 Å². The Morgan fingerprint density at radius 1 is 1.20 bits per heavy atom. The van der Waals surface area contributed by atoms with Crippen molar-refractivity contribution in [3.8, 4) is 0 Å². The highest BCUT2D eigenvalue weighted by Gasteiger charge is 2.28. The van der Waals surface area contributed by atoms with Crippen LogP contribution in [0.25, 0.3) is 0 Å². The van der Waals surface area contributed by atoms with E-state index in [0.29, 0.717) is 23.8 Å². The molecule has 1 N–H and O–H groups in total. The fourth-order valence-corrected chi connectivity index (χ4v) is 3.29. The maximum absolute atomic E-state index is 13.0. The third kappa shape index (κ3) is 3.07. The summed E-state index contributed by atoms with van der Waals surface area (Å²) in [6, 6.07) is 12.9. The van der Waals surface area contributed by atoms with Crippen LogP contribution < -0.4 is 10.2 Å². The molecule has 0 aromatic heterocycles. The number of aryl methyl sites for hydroxylation is 1. The predicted molar refractivity (Wildman–Crippen MR) is 96.2 cm³/mol. The van der Waals surface area contributed by atoms with Crippen LogP contribution in [0, 0.1) is 10.1 Å². The summed E-state index contributed by atoms with van der Waals surface area (Å²) in [7, 11) is 0. The number of amides is 1. The fraction of sp³-hybridized carbons (Fsp3) is 0.316. The van der Waals surface area contributed by atoms with Gasteiger partial charge in [-0.3, -0.25) is 14.9 Å². The van der Waals surface area contributed by atoms with Crippen LogP contribution in [-0.2, 0) is 6.42 Å². The van der Waals surface area contributed by atoms with E-state index in [1.54, 1.807) is 17.0 Å². The summed E-state index contributed by atoms with van der Waals surface area (Å²) in [5.41, 5.74) is 2.85. The van der Waals surface area contributed by atoms with Crippen LogP contribution in [0.2, 0.25) is 0 Å². The van der Waals surface area contributed by atoms with Gasteiger partial charge in [0, 0.05) is 29.9 Å². The first-order chi connectivity index (χ1) is 12.1. The summed E-state index contributed by atoms with van der Waals surface area (Å²) in [6.45, 7) is 0.631. The monoisotopic (exact) mass is 337 g/mol. The van der Waals surface area contributed by atoms with E-state index in [-0.39, 0.29) is 11.6 Å². The first kappa shape index (κ1) is 15.6. The number of hydrogen-bond donors (Lipinski definition) is 1. The molecule has 0 atom stereocenters. The summed E-state index contributed by atoms with van der Waals surface area (Å²) in [6.07, 6.45) is 3.90. The van der Waals surface area contributed by atoms with Gasteiger partial charge in [-0.1, -0.05) is 18.2 Å². The molecule has 6 heteroatoms. The largest absolute Gasteiger partial charge is 0.377 e. The van der Waals surface area contributed by atoms with Gasteiger partial charge >= 0.3 is 0 Å². The second-order valence-corrected chi connectivity index (χ2v) is 6.60. The zero-order valence-electron chi connectivity index (χ0n) is 13.8. The number of rotatable bonds is 4. The van der Waals surface area contributed by atoms with Crippen molar-refractivity contribution in [1.29, 1.82) is 0 Å². The van der Waals surface area contributed by atoms with Gasteiger partial charge in [-0.2, -0.15) is 0 Å². The predicted octanol–water partition coefficient (Wildman–Crippen LogP) is 3.76. The molecule has 4 rings (SSSR count). The molecule has 1 aliphatic heterocycles. The van der Waals surface area contributed by atoms with Crippen molar-refractivity contribution < 1.29 is 9.72 Å². The van der Waals surface area contributed by atoms with E-state index in [0.717, 1.165) is 36.9 Å². The lowest BCUT2D eigenvalue weighted by Crippen LogP contribution is -2.35. The van der Waals surface area contributed by atoms with E-state index < -0.39 is 4.92 Å². The van der Waals surface area contributed by atoms with Crippen LogP contribution in [0.3, 0.4) is 0 Å². The molecule has 25 heavy (non-hydrogen) atoms. The number of para-hydroxylation sites is 1. The van der Waals surface area contributed by atoms with Crippen molar-refractivity contribution in [2.45, 2.75) is 31.7 Å². The lowest BCUT2D eigenvalue weighted by molar-refractivity contribution is -0.384. The second-order valence-electron chi connectivity index (χ2n) is 6.60. The van der Waals surface area contributed by atoms with Gasteiger partial charge < -0.3 is 10.2 Å². The molecule has 6 nitrogen and oxygen atoms in total. The van der Waals surface area contributed by atoms with E-state index in [1.165, 1.54) is 6.07 Å². The number of anilines is 2. The van der Waals surface area contributed by atoms with Crippen LogP contribution in [0.15, 0.2) is 42.5 Å². The van der Waals surface area contributed by atoms with Gasteiger partial charge in [0.15, 0.2) is 0 Å². The second kappa shape index (κ2) is 6.20. The Kier molecular flexibility index (Phi) is 3.87. The van der Waals surface area contributed by atoms with Crippen LogP contribution in [0.1, 0.15) is 35.2 Å². The molecule has 1 saturated carbocycles. The van der Waals surface area contributed by atoms with Gasteiger partial charge in [0.25, 0.3) is 11.6 Å². The molecule has 0 radical (unpaired) electrons. The number of nitrogens with zero attached hydrogens (tertiary/aromatic N) is 2. The molecular weight excluding hydrogens is 318 g/mol. The summed E-state index contributed by atoms with van der Waals surface area (Å²) in [5.74, 6) is -0.187. The number of hydrogen-bond acceptors (Lipinski definition) is 4. The number of carbonyl (C=O) groups excluding carboxylic acids is 1. The number of benzene rings is 2. The smallest absolute Gasteiger partial charge is 0.293 e. The Hall–Kier alpha value is -2.89. The van der Waals surface area contributed by atoms with E-state index in [9.17, 15) is 14.9 Å². The molecule has 1 amide bonds. The van der Waals surface area contributed by atoms with Gasteiger partial charge in [-0.15, -0.1) is 0 Å². The molecule has 0 bridgehead atoms. The number of fused-ring (bicyclic) bond motifs is 1. The average molecular weight is 337 g/mol. The molecule has 0 saturated heterocycles. The topological polar surface area (TPSA) is 75.5 Å². The molecule has 0 unspecified atom stereocenters. The molecular formula is C19H19N3O3. The highest BCUT2D eigenvalue weighted by molar-refractivity contribution is 6.07. The van der Waals surface area contributed by atoms with Crippen LogP contribution in [-0.4, -0.2) is 23.4 Å². The van der Waals surface area contributed by atoms with Gasteiger partial charge in [0.1, 0.15) is 5.69 Å². The van der Waals surface area contributed by atoms with Crippen molar-refractivity contribution in [2.75, 3.05) is 16.8 Å². The minimum Gasteiger partial charge on any atom is -0.377 e. The maximum Gasteiger partial charge on any atom is 0.293 e. The van der Waals surface area contributed by atoms with Crippen molar-refractivity contribution in [2.24, 2.45) is 0 Å². The van der Waals surface area contributed by atoms with Gasteiger partial charge in [0.2, 0.25) is 0 Å². The van der Waals surface area contributed by atoms with Crippen molar-refractivity contribution in [3.63, 3.8) is 0 Å². The Balaban J connectivity index is 1.66. The molecule has 128 valence electrons. The standard InChI is InChI=1S/C19H19N3O3/c23-19(21-11-3-5-13-4-1-2-6-17(13)21)14-7-10-16(20-15-8-9-15)18(12-14)22(24)25/h1-2,4,6-7,10,12,15,20H,3,5,8-9,11H2. The fourth-order valence-electron chi connectivity index (χ4n) is 3.29. The highest BCUT2D eigenvalue weighted by Crippen LogP contribution is 2.33. The summed E-state index contributed by atoms with van der Waals surface area (Å²) in [5, 5.41) is 14.6. The van der Waals surface area contributed by atoms with E-state index in [4.69, 9.17) is 0 Å². The summed E-state index contributed by atoms with van der Waals surface area (Å²) >= 11 is 0. The number of nitro benzene ring substituents is 1. The van der Waals surface area contributed by atoms with Crippen LogP contribution in [0.4, 0.5) is 17.1 Å². The normalized spacial score (nSPS) is 16.2. The number of carbonyl (C=O) groups is 1. The lowest BCUT2D eigenvalue weighted by Gasteiger charge is -2.29. The van der Waals surface area contributed by atoms with E-state index >= 15 is 0 Å². The molecule has 2 aromatic rings. The molecule has 2 aliphatic rings. The lowest BCUT2D eigenvalue weighted by atomic mass is 10.0. The molecule has 1 aliphatic carbocycles. The number of nitro groups is 1. The van der Waals surface area contributed by atoms with Gasteiger partial charge in [-0.05, 0) is 49.4 Å². The third-order valence-corrected chi connectivity index (χ3v) is 4.73. The average Bonchev–Trinajstić information content (AvgIpc) is 3.45. The SMILES string of the molecule is O=C(c1ccc(NC2CC2)c([N+](=O)[O-])c1)N1CCCc2ccccc21. The Morgan fingerprint density at radius 3 is 2.76 bits per heavy atom. The minimum atomic E-state index is -0.425. The molecule has 1 fully saturated rings. The zero-order valence-corrected chi connectivity index (χ0v) is 13.8. The van der Waals surface area contributed by atoms with Crippen LogP contribution in [0.5, 0.6) is 0 Å². The van der Waals surface area contributed by atoms with Gasteiger partial charge in [0.05, 0.1) is 4.92 Å². The summed E-state index contributed by atoms with van der Waals surface area (Å²) < 4.78 is 0. The maximum atomic E-state index is 13.0. The summed E-state index contributed by atoms with van der Waals surface area (Å²) in [4.78, 5) is 25.7. The van der Waals surface area contributed by atoms with E-state index in [2.05, 4.69) is 5.32 Å². The minimum absolute atomic E-state index is 0.0388. The van der Waals surface area contributed by atoms with Crippen LogP contribution >= 0.6 is 0 Å². The first-order valence-electron chi connectivity index (χ1n) is 8.58. The number of nitrogens with one attached hydrogen (secondary N) is 1. The van der Waals surface area contributed by atoms with Crippen molar-refractivity contribution >= 4 is 23.0 Å². The Morgan fingerprint density at radius 2 is 2.00 bits per heavy atom. The Labute approximate surface area is 145 Å². The zero-order chi connectivity index (χ0) is 17.4. The molecule has 0 spiro atoms. The third-order valence-electron chi connectivity index (χ3n) is 4.73. The molecule has 2 aromatic carbocycles. The molecule has 1 heterocycles. The van der Waals surface area contributed by atoms with Gasteiger partial charge in [-0.25, -0.2) is 0 Å². The quantitative estimate of drug-likeness (QED) is 0.681. The van der Waals surface area contributed by atoms with E-state index in [1.807, 2.05) is 24.3 Å². The van der Waals surface area contributed by atoms with Crippen molar-refractivity contribution in [1.82, 2.24) is 0 Å².